The number of amides is 1. The van der Waals surface area contributed by atoms with Gasteiger partial charge < -0.3 is 15.2 Å². The average Bonchev–Trinajstić information content (AvgIpc) is 3.16. The molecule has 0 saturated carbocycles. The van der Waals surface area contributed by atoms with Crippen molar-refractivity contribution in [2.45, 2.75) is 13.5 Å². The molecule has 1 aromatic carbocycles. The van der Waals surface area contributed by atoms with Crippen LogP contribution < -0.4 is 10.6 Å². The van der Waals surface area contributed by atoms with Crippen molar-refractivity contribution in [1.82, 2.24) is 29.8 Å². The lowest BCUT2D eigenvalue weighted by molar-refractivity contribution is 0.0942. The molecule has 0 aliphatic carbocycles. The third-order valence-corrected chi connectivity index (χ3v) is 4.52. The predicted molar refractivity (Wildman–Crippen MR) is 114 cm³/mol. The van der Waals surface area contributed by atoms with Crippen molar-refractivity contribution in [2.24, 2.45) is 7.05 Å². The molecule has 3 aromatic heterocycles. The highest BCUT2D eigenvalue weighted by Gasteiger charge is 2.13. The zero-order valence-electron chi connectivity index (χ0n) is 16.7. The Balaban J connectivity index is 1.43. The lowest BCUT2D eigenvalue weighted by atomic mass is 10.2. The molecule has 0 bridgehead atoms. The average molecular weight is 399 g/mol. The standard InChI is InChI=1S/C22H21N7O/c1-15-9-24-19(12-23-15)13-25-21(30)20-8-16(14-29(20)2)17-10-26-22(27-11-17)28-18-6-4-3-5-7-18/h3-12,14H,13H2,1-2H3,(H,25,30)(H,26,27,28). The molecule has 0 radical (unpaired) electrons. The van der Waals surface area contributed by atoms with Gasteiger partial charge in [-0.3, -0.25) is 14.8 Å². The van der Waals surface area contributed by atoms with E-state index in [9.17, 15) is 4.79 Å². The summed E-state index contributed by atoms with van der Waals surface area (Å²) in [7, 11) is 1.83. The van der Waals surface area contributed by atoms with Gasteiger partial charge in [-0.15, -0.1) is 0 Å². The number of anilines is 2. The van der Waals surface area contributed by atoms with Crippen LogP contribution in [0.15, 0.2) is 67.4 Å². The minimum Gasteiger partial charge on any atom is -0.346 e. The van der Waals surface area contributed by atoms with Crippen LogP contribution in [0, 0.1) is 6.92 Å². The fourth-order valence-corrected chi connectivity index (χ4v) is 2.91. The summed E-state index contributed by atoms with van der Waals surface area (Å²) in [6.07, 6.45) is 8.69. The van der Waals surface area contributed by atoms with Crippen molar-refractivity contribution in [3.05, 3.63) is 84.5 Å². The minimum absolute atomic E-state index is 0.186. The lowest BCUT2D eigenvalue weighted by Gasteiger charge is -2.05. The van der Waals surface area contributed by atoms with Gasteiger partial charge in [-0.05, 0) is 25.1 Å². The molecule has 0 aliphatic rings. The number of para-hydroxylation sites is 1. The first kappa shape index (κ1) is 19.3. The number of carbonyl (C=O) groups excluding carboxylic acids is 1. The van der Waals surface area contributed by atoms with Gasteiger partial charge in [-0.2, -0.15) is 0 Å². The van der Waals surface area contributed by atoms with E-state index in [2.05, 4.69) is 30.6 Å². The van der Waals surface area contributed by atoms with Crippen molar-refractivity contribution in [2.75, 3.05) is 5.32 Å². The first-order valence-electron chi connectivity index (χ1n) is 9.45. The number of nitrogens with one attached hydrogen (secondary N) is 2. The SMILES string of the molecule is Cc1cnc(CNC(=O)c2cc(-c3cnc(Nc4ccccc4)nc3)cn2C)cn1. The number of rotatable bonds is 6. The number of hydrogen-bond donors (Lipinski definition) is 2. The third-order valence-electron chi connectivity index (χ3n) is 4.52. The largest absolute Gasteiger partial charge is 0.346 e. The normalized spacial score (nSPS) is 10.6. The summed E-state index contributed by atoms with van der Waals surface area (Å²) in [5, 5.41) is 6.02. The van der Waals surface area contributed by atoms with E-state index in [1.807, 2.05) is 56.6 Å². The minimum atomic E-state index is -0.186. The fraction of sp³-hybridized carbons (Fsp3) is 0.136. The van der Waals surface area contributed by atoms with Crippen LogP contribution in [0.4, 0.5) is 11.6 Å². The van der Waals surface area contributed by atoms with Gasteiger partial charge in [-0.1, -0.05) is 18.2 Å². The number of aryl methyl sites for hydroxylation is 2. The maximum Gasteiger partial charge on any atom is 0.268 e. The van der Waals surface area contributed by atoms with Gasteiger partial charge in [0.15, 0.2) is 0 Å². The molecule has 3 heterocycles. The van der Waals surface area contributed by atoms with Crippen LogP contribution in [-0.4, -0.2) is 30.4 Å². The summed E-state index contributed by atoms with van der Waals surface area (Å²) >= 11 is 0. The highest BCUT2D eigenvalue weighted by molar-refractivity contribution is 5.94. The second-order valence-electron chi connectivity index (χ2n) is 6.84. The maximum absolute atomic E-state index is 12.6. The van der Waals surface area contributed by atoms with Gasteiger partial charge in [-0.25, -0.2) is 9.97 Å². The van der Waals surface area contributed by atoms with Crippen LogP contribution in [0.1, 0.15) is 21.9 Å². The summed E-state index contributed by atoms with van der Waals surface area (Å²) < 4.78 is 1.78. The van der Waals surface area contributed by atoms with E-state index in [1.165, 1.54) is 0 Å². The molecule has 0 unspecified atom stereocenters. The molecule has 0 atom stereocenters. The molecule has 8 heteroatoms. The smallest absolute Gasteiger partial charge is 0.268 e. The van der Waals surface area contributed by atoms with E-state index < -0.39 is 0 Å². The Kier molecular flexibility index (Phi) is 5.47. The third kappa shape index (κ3) is 4.49. The second-order valence-corrected chi connectivity index (χ2v) is 6.84. The van der Waals surface area contributed by atoms with Crippen LogP contribution in [0.3, 0.4) is 0 Å². The Morgan fingerprint density at radius 1 is 0.967 bits per heavy atom. The van der Waals surface area contributed by atoms with Gasteiger partial charge in [0.05, 0.1) is 24.1 Å². The van der Waals surface area contributed by atoms with Crippen molar-refractivity contribution >= 4 is 17.5 Å². The topological polar surface area (TPSA) is 97.6 Å². The van der Waals surface area contributed by atoms with E-state index in [4.69, 9.17) is 0 Å². The van der Waals surface area contributed by atoms with E-state index in [-0.39, 0.29) is 5.91 Å². The van der Waals surface area contributed by atoms with Gasteiger partial charge in [0, 0.05) is 48.6 Å². The maximum atomic E-state index is 12.6. The van der Waals surface area contributed by atoms with Gasteiger partial charge in [0.2, 0.25) is 5.95 Å². The Morgan fingerprint density at radius 3 is 2.43 bits per heavy atom. The molecular formula is C22H21N7O. The first-order chi connectivity index (χ1) is 14.6. The predicted octanol–water partition coefficient (Wildman–Crippen LogP) is 3.25. The van der Waals surface area contributed by atoms with Gasteiger partial charge >= 0.3 is 0 Å². The quantitative estimate of drug-likeness (QED) is 0.516. The Morgan fingerprint density at radius 2 is 1.73 bits per heavy atom. The molecule has 0 fully saturated rings. The second kappa shape index (κ2) is 8.52. The summed E-state index contributed by atoms with van der Waals surface area (Å²) in [4.78, 5) is 29.8. The summed E-state index contributed by atoms with van der Waals surface area (Å²) in [6, 6.07) is 11.5. The monoisotopic (exact) mass is 399 g/mol. The van der Waals surface area contributed by atoms with Crippen molar-refractivity contribution in [3.63, 3.8) is 0 Å². The van der Waals surface area contributed by atoms with Crippen LogP contribution in [0.2, 0.25) is 0 Å². The van der Waals surface area contributed by atoms with Gasteiger partial charge in [0.1, 0.15) is 5.69 Å². The number of benzene rings is 1. The molecule has 0 saturated heterocycles. The molecule has 1 amide bonds. The molecule has 150 valence electrons. The molecule has 30 heavy (non-hydrogen) atoms. The Labute approximate surface area is 174 Å². The Hall–Kier alpha value is -4.07. The van der Waals surface area contributed by atoms with E-state index in [0.717, 1.165) is 22.5 Å². The molecule has 2 N–H and O–H groups in total. The zero-order valence-corrected chi connectivity index (χ0v) is 16.7. The highest BCUT2D eigenvalue weighted by atomic mass is 16.1. The van der Waals surface area contributed by atoms with Crippen molar-refractivity contribution in [3.8, 4) is 11.1 Å². The summed E-state index contributed by atoms with van der Waals surface area (Å²) in [6.45, 7) is 2.18. The number of aromatic nitrogens is 5. The molecule has 8 nitrogen and oxygen atoms in total. The van der Waals surface area contributed by atoms with Crippen LogP contribution in [-0.2, 0) is 13.6 Å². The van der Waals surface area contributed by atoms with Crippen LogP contribution >= 0.6 is 0 Å². The zero-order chi connectivity index (χ0) is 20.9. The lowest BCUT2D eigenvalue weighted by Crippen LogP contribution is -2.25. The highest BCUT2D eigenvalue weighted by Crippen LogP contribution is 2.22. The van der Waals surface area contributed by atoms with E-state index in [1.54, 1.807) is 29.4 Å². The number of hydrogen-bond acceptors (Lipinski definition) is 6. The molecule has 0 aliphatic heterocycles. The van der Waals surface area contributed by atoms with E-state index in [0.29, 0.717) is 23.9 Å². The number of carbonyl (C=O) groups is 1. The van der Waals surface area contributed by atoms with Crippen LogP contribution in [0.5, 0.6) is 0 Å². The molecule has 0 spiro atoms. The number of nitrogens with zero attached hydrogens (tertiary/aromatic N) is 5. The summed E-state index contributed by atoms with van der Waals surface area (Å²) in [5.74, 6) is 0.326. The molecule has 4 rings (SSSR count). The van der Waals surface area contributed by atoms with Gasteiger partial charge in [0.25, 0.3) is 5.91 Å². The van der Waals surface area contributed by atoms with E-state index >= 15 is 0 Å². The molecule has 4 aromatic rings. The van der Waals surface area contributed by atoms with Crippen molar-refractivity contribution < 1.29 is 4.79 Å². The molecular weight excluding hydrogens is 378 g/mol. The first-order valence-corrected chi connectivity index (χ1v) is 9.45. The fourth-order valence-electron chi connectivity index (χ4n) is 2.91. The van der Waals surface area contributed by atoms with Crippen LogP contribution in [0.25, 0.3) is 11.1 Å². The Bertz CT molecular complexity index is 1140. The summed E-state index contributed by atoms with van der Waals surface area (Å²) in [5.41, 5.74) is 4.69. The van der Waals surface area contributed by atoms with Crippen molar-refractivity contribution in [1.29, 1.82) is 0 Å².